The largest absolute Gasteiger partial charge is 0.479 e. The van der Waals surface area contributed by atoms with Crippen LogP contribution >= 0.6 is 0 Å². The van der Waals surface area contributed by atoms with E-state index in [1.54, 1.807) is 0 Å². The molecule has 3 nitrogen and oxygen atoms in total. The molecule has 0 saturated carbocycles. The van der Waals surface area contributed by atoms with Crippen molar-refractivity contribution in [3.05, 3.63) is 29.3 Å². The molecule has 1 N–H and O–H groups in total. The van der Waals surface area contributed by atoms with E-state index in [2.05, 4.69) is 6.07 Å². The number of hydrogen-bond donors (Lipinski definition) is 1. The molecule has 17 heavy (non-hydrogen) atoms. The molecular formula is C14H18O3. The van der Waals surface area contributed by atoms with Crippen LogP contribution in [0.3, 0.4) is 0 Å². The van der Waals surface area contributed by atoms with Gasteiger partial charge in [0.25, 0.3) is 0 Å². The van der Waals surface area contributed by atoms with Crippen LogP contribution in [0.1, 0.15) is 37.3 Å². The maximum atomic E-state index is 10.9. The summed E-state index contributed by atoms with van der Waals surface area (Å²) in [6, 6.07) is 5.95. The first-order valence-electron chi connectivity index (χ1n) is 6.22. The van der Waals surface area contributed by atoms with Crippen LogP contribution < -0.4 is 4.74 Å². The van der Waals surface area contributed by atoms with E-state index in [1.165, 1.54) is 24.0 Å². The molecule has 0 aliphatic heterocycles. The smallest absolute Gasteiger partial charge is 0.344 e. The second-order valence-electron chi connectivity index (χ2n) is 4.49. The Morgan fingerprint density at radius 1 is 1.35 bits per heavy atom. The molecular weight excluding hydrogens is 216 g/mol. The third-order valence-electron chi connectivity index (χ3n) is 3.24. The molecule has 1 aromatic carbocycles. The zero-order chi connectivity index (χ0) is 12.3. The van der Waals surface area contributed by atoms with Crippen LogP contribution in [0, 0.1) is 0 Å². The van der Waals surface area contributed by atoms with Gasteiger partial charge in [0, 0.05) is 0 Å². The summed E-state index contributed by atoms with van der Waals surface area (Å²) in [5.41, 5.74) is 2.70. The topological polar surface area (TPSA) is 46.5 Å². The normalized spacial score (nSPS) is 16.1. The first kappa shape index (κ1) is 12.0. The van der Waals surface area contributed by atoms with Crippen molar-refractivity contribution in [2.75, 3.05) is 0 Å². The van der Waals surface area contributed by atoms with Crippen molar-refractivity contribution in [3.63, 3.8) is 0 Å². The SMILES string of the molecule is CCC(Oc1ccc2c(c1)CCCC2)C(=O)O. The summed E-state index contributed by atoms with van der Waals surface area (Å²) in [5, 5.41) is 8.95. The first-order valence-corrected chi connectivity index (χ1v) is 6.22. The average Bonchev–Trinajstić information content (AvgIpc) is 2.35. The van der Waals surface area contributed by atoms with Gasteiger partial charge in [0.05, 0.1) is 0 Å². The van der Waals surface area contributed by atoms with Gasteiger partial charge in [-0.2, -0.15) is 0 Å². The first-order chi connectivity index (χ1) is 8.20. The Balaban J connectivity index is 2.14. The highest BCUT2D eigenvalue weighted by atomic mass is 16.5. The second-order valence-corrected chi connectivity index (χ2v) is 4.49. The number of carbonyl (C=O) groups is 1. The van der Waals surface area contributed by atoms with Gasteiger partial charge in [-0.05, 0) is 55.4 Å². The Hall–Kier alpha value is -1.51. The molecule has 3 heteroatoms. The van der Waals surface area contributed by atoms with E-state index in [-0.39, 0.29) is 0 Å². The van der Waals surface area contributed by atoms with Gasteiger partial charge in [-0.25, -0.2) is 4.79 Å². The number of benzene rings is 1. The van der Waals surface area contributed by atoms with Gasteiger partial charge >= 0.3 is 5.97 Å². The van der Waals surface area contributed by atoms with Gasteiger partial charge in [-0.15, -0.1) is 0 Å². The fourth-order valence-electron chi connectivity index (χ4n) is 2.26. The van der Waals surface area contributed by atoms with Gasteiger partial charge in [0.2, 0.25) is 0 Å². The van der Waals surface area contributed by atoms with Gasteiger partial charge in [-0.1, -0.05) is 13.0 Å². The summed E-state index contributed by atoms with van der Waals surface area (Å²) >= 11 is 0. The van der Waals surface area contributed by atoms with Crippen LogP contribution in [-0.2, 0) is 17.6 Å². The lowest BCUT2D eigenvalue weighted by atomic mass is 9.92. The lowest BCUT2D eigenvalue weighted by Crippen LogP contribution is -2.26. The highest BCUT2D eigenvalue weighted by Gasteiger charge is 2.17. The Morgan fingerprint density at radius 2 is 2.06 bits per heavy atom. The molecule has 1 aliphatic rings. The molecule has 0 heterocycles. The number of ether oxygens (including phenoxy) is 1. The van der Waals surface area contributed by atoms with E-state index >= 15 is 0 Å². The van der Waals surface area contributed by atoms with Gasteiger partial charge < -0.3 is 9.84 Å². The van der Waals surface area contributed by atoms with E-state index in [1.807, 2.05) is 19.1 Å². The number of fused-ring (bicyclic) bond motifs is 1. The van der Waals surface area contributed by atoms with Crippen LogP contribution in [-0.4, -0.2) is 17.2 Å². The fraction of sp³-hybridized carbons (Fsp3) is 0.500. The summed E-state index contributed by atoms with van der Waals surface area (Å²) < 4.78 is 5.49. The minimum Gasteiger partial charge on any atom is -0.479 e. The Morgan fingerprint density at radius 3 is 2.71 bits per heavy atom. The molecule has 0 spiro atoms. The second kappa shape index (κ2) is 5.21. The lowest BCUT2D eigenvalue weighted by Gasteiger charge is -2.18. The quantitative estimate of drug-likeness (QED) is 0.871. The Bertz CT molecular complexity index is 412. The third-order valence-corrected chi connectivity index (χ3v) is 3.24. The van der Waals surface area contributed by atoms with E-state index < -0.39 is 12.1 Å². The molecule has 1 atom stereocenters. The monoisotopic (exact) mass is 234 g/mol. The number of rotatable bonds is 4. The van der Waals surface area contributed by atoms with Crippen molar-refractivity contribution >= 4 is 5.97 Å². The highest BCUT2D eigenvalue weighted by molar-refractivity contribution is 5.72. The molecule has 1 aromatic rings. The molecule has 0 fully saturated rings. The van der Waals surface area contributed by atoms with Crippen LogP contribution in [0.5, 0.6) is 5.75 Å². The third kappa shape index (κ3) is 2.78. The number of aryl methyl sites for hydroxylation is 2. The summed E-state index contributed by atoms with van der Waals surface area (Å²) in [6.07, 6.45) is 4.41. The van der Waals surface area contributed by atoms with Crippen molar-refractivity contribution < 1.29 is 14.6 Å². The summed E-state index contributed by atoms with van der Waals surface area (Å²) in [7, 11) is 0. The zero-order valence-corrected chi connectivity index (χ0v) is 10.1. The molecule has 1 aliphatic carbocycles. The number of aliphatic carboxylic acids is 1. The van der Waals surface area contributed by atoms with E-state index in [0.29, 0.717) is 12.2 Å². The molecule has 0 aromatic heterocycles. The van der Waals surface area contributed by atoms with Crippen LogP contribution in [0.15, 0.2) is 18.2 Å². The van der Waals surface area contributed by atoms with Gasteiger partial charge in [-0.3, -0.25) is 0 Å². The molecule has 2 rings (SSSR count). The van der Waals surface area contributed by atoms with Crippen LogP contribution in [0.2, 0.25) is 0 Å². The maximum Gasteiger partial charge on any atom is 0.344 e. The van der Waals surface area contributed by atoms with Crippen molar-refractivity contribution in [3.8, 4) is 5.75 Å². The number of carboxylic acids is 1. The number of carboxylic acid groups (broad SMARTS) is 1. The minimum absolute atomic E-state index is 0.479. The highest BCUT2D eigenvalue weighted by Crippen LogP contribution is 2.26. The predicted molar refractivity (Wildman–Crippen MR) is 65.4 cm³/mol. The van der Waals surface area contributed by atoms with E-state index in [0.717, 1.165) is 12.8 Å². The van der Waals surface area contributed by atoms with Crippen LogP contribution in [0.25, 0.3) is 0 Å². The molecule has 92 valence electrons. The molecule has 0 amide bonds. The predicted octanol–water partition coefficient (Wildman–Crippen LogP) is 2.81. The molecule has 1 unspecified atom stereocenters. The molecule has 0 saturated heterocycles. The van der Waals surface area contributed by atoms with Crippen molar-refractivity contribution in [2.24, 2.45) is 0 Å². The van der Waals surface area contributed by atoms with Crippen molar-refractivity contribution in [1.29, 1.82) is 0 Å². The number of hydrogen-bond acceptors (Lipinski definition) is 2. The van der Waals surface area contributed by atoms with Crippen molar-refractivity contribution in [2.45, 2.75) is 45.1 Å². The minimum atomic E-state index is -0.898. The van der Waals surface area contributed by atoms with Gasteiger partial charge in [0.15, 0.2) is 6.10 Å². The van der Waals surface area contributed by atoms with Crippen LogP contribution in [0.4, 0.5) is 0 Å². The van der Waals surface area contributed by atoms with E-state index in [9.17, 15) is 4.79 Å². The van der Waals surface area contributed by atoms with E-state index in [4.69, 9.17) is 9.84 Å². The Kier molecular flexibility index (Phi) is 3.67. The summed E-state index contributed by atoms with van der Waals surface area (Å²) in [5.74, 6) is -0.217. The molecule has 0 bridgehead atoms. The van der Waals surface area contributed by atoms with Gasteiger partial charge in [0.1, 0.15) is 5.75 Å². The van der Waals surface area contributed by atoms with Crippen molar-refractivity contribution in [1.82, 2.24) is 0 Å². The molecule has 0 radical (unpaired) electrons. The Labute approximate surface area is 101 Å². The standard InChI is InChI=1S/C14H18O3/c1-2-13(14(15)16)17-12-8-7-10-5-3-4-6-11(10)9-12/h7-9,13H,2-6H2,1H3,(H,15,16). The summed E-state index contributed by atoms with van der Waals surface area (Å²) in [4.78, 5) is 10.9. The average molecular weight is 234 g/mol. The zero-order valence-electron chi connectivity index (χ0n) is 10.1. The maximum absolute atomic E-state index is 10.9. The lowest BCUT2D eigenvalue weighted by molar-refractivity contribution is -0.145. The summed E-state index contributed by atoms with van der Waals surface area (Å²) in [6.45, 7) is 1.82. The fourth-order valence-corrected chi connectivity index (χ4v) is 2.26.